The first-order chi connectivity index (χ1) is 12.2. The first-order valence-electron chi connectivity index (χ1n) is 6.51. The zero-order valence-electron chi connectivity index (χ0n) is 12.4. The molecule has 0 amide bonds. The van der Waals surface area contributed by atoms with E-state index in [2.05, 4.69) is 0 Å². The van der Waals surface area contributed by atoms with Gasteiger partial charge >= 0.3 is 0 Å². The van der Waals surface area contributed by atoms with Crippen molar-refractivity contribution in [1.29, 1.82) is 0 Å². The Kier molecular flexibility index (Phi) is 6.59. The second-order valence-corrected chi connectivity index (χ2v) is 7.49. The Hall–Kier alpha value is -2.14. The van der Waals surface area contributed by atoms with E-state index in [1.54, 1.807) is 0 Å². The molecule has 2 aromatic carbocycles. The number of benzene rings is 2. The topological polar surface area (TPSA) is 120 Å². The maximum atomic E-state index is 11.2. The first-order valence-corrected chi connectivity index (χ1v) is 9.42. The quantitative estimate of drug-likeness (QED) is 0.257. The van der Waals surface area contributed by atoms with Crippen molar-refractivity contribution in [3.05, 3.63) is 67.8 Å². The summed E-state index contributed by atoms with van der Waals surface area (Å²) < 4.78 is 0. The Morgan fingerprint density at radius 1 is 0.769 bits per heavy atom. The summed E-state index contributed by atoms with van der Waals surface area (Å²) in [6.07, 6.45) is 0. The zero-order chi connectivity index (χ0) is 19.4. The van der Waals surface area contributed by atoms with Gasteiger partial charge in [-0.3, -0.25) is 29.8 Å². The number of rotatable bonds is 7. The van der Waals surface area contributed by atoms with Crippen molar-refractivity contribution in [2.45, 2.75) is 9.79 Å². The van der Waals surface area contributed by atoms with E-state index in [1.165, 1.54) is 24.3 Å². The first kappa shape index (κ1) is 20.2. The lowest BCUT2D eigenvalue weighted by Crippen LogP contribution is -1.96. The lowest BCUT2D eigenvalue weighted by molar-refractivity contribution is -0.388. The third kappa shape index (κ3) is 4.73. The van der Waals surface area contributed by atoms with Gasteiger partial charge in [0.05, 0.1) is 19.6 Å². The van der Waals surface area contributed by atoms with Gasteiger partial charge in [0, 0.05) is 23.3 Å². The molecule has 0 bridgehead atoms. The number of carbonyl (C=O) groups is 2. The molecule has 134 valence electrons. The molecular weight excluding hydrogens is 427 g/mol. The van der Waals surface area contributed by atoms with E-state index >= 15 is 0 Å². The molecule has 0 spiro atoms. The highest BCUT2D eigenvalue weighted by molar-refractivity contribution is 8.76. The van der Waals surface area contributed by atoms with Crippen LogP contribution in [0.2, 0.25) is 0 Å². The van der Waals surface area contributed by atoms with Crippen LogP contribution in [-0.2, 0) is 0 Å². The lowest BCUT2D eigenvalue weighted by atomic mass is 10.2. The minimum absolute atomic E-state index is 0.0383. The summed E-state index contributed by atoms with van der Waals surface area (Å²) in [5.74, 6) is 0. The molecule has 0 fully saturated rings. The molecule has 0 aliphatic carbocycles. The largest absolute Gasteiger partial charge is 0.284 e. The predicted molar refractivity (Wildman–Crippen MR) is 98.3 cm³/mol. The number of carbonyl (C=O) groups excluding carboxylic acids is 2. The van der Waals surface area contributed by atoms with Gasteiger partial charge in [-0.05, 0) is 69.1 Å². The molecule has 0 saturated carbocycles. The van der Waals surface area contributed by atoms with Crippen LogP contribution in [0.4, 0.5) is 11.4 Å². The summed E-state index contributed by atoms with van der Waals surface area (Å²) in [4.78, 5) is 43.6. The van der Waals surface area contributed by atoms with E-state index < -0.39 is 20.3 Å². The number of nitro benzene ring substituents is 2. The van der Waals surface area contributed by atoms with Crippen LogP contribution >= 0.6 is 44.8 Å². The fraction of sp³-hybridized carbons (Fsp3) is 0. The van der Waals surface area contributed by atoms with Gasteiger partial charge in [0.15, 0.2) is 0 Å². The lowest BCUT2D eigenvalue weighted by Gasteiger charge is -2.05. The summed E-state index contributed by atoms with van der Waals surface area (Å²) in [6.45, 7) is 0. The molecule has 26 heavy (non-hydrogen) atoms. The highest BCUT2D eigenvalue weighted by Crippen LogP contribution is 2.45. The van der Waals surface area contributed by atoms with Crippen molar-refractivity contribution < 1.29 is 19.4 Å². The summed E-state index contributed by atoms with van der Waals surface area (Å²) in [7, 11) is 1.79. The van der Waals surface area contributed by atoms with Gasteiger partial charge in [-0.25, -0.2) is 0 Å². The van der Waals surface area contributed by atoms with E-state index in [1.807, 2.05) is 0 Å². The second-order valence-electron chi connectivity index (χ2n) is 4.59. The molecule has 0 aromatic heterocycles. The number of nitrogens with zero attached hydrogens (tertiary/aromatic N) is 2. The van der Waals surface area contributed by atoms with Crippen LogP contribution in [0.5, 0.6) is 0 Å². The highest BCUT2D eigenvalue weighted by atomic mass is 35.5. The third-order valence-corrected chi connectivity index (χ3v) is 5.88. The Morgan fingerprint density at radius 3 is 1.38 bits per heavy atom. The summed E-state index contributed by atoms with van der Waals surface area (Å²) >= 11 is 10.6. The molecule has 0 heterocycles. The number of nitro groups is 2. The molecule has 2 aromatic rings. The fourth-order valence-corrected chi connectivity index (χ4v) is 4.28. The van der Waals surface area contributed by atoms with Gasteiger partial charge < -0.3 is 0 Å². The minimum atomic E-state index is -0.839. The van der Waals surface area contributed by atoms with Crippen LogP contribution in [0.25, 0.3) is 0 Å². The molecule has 2 rings (SSSR count). The van der Waals surface area contributed by atoms with Crippen molar-refractivity contribution in [2.75, 3.05) is 0 Å². The molecule has 0 radical (unpaired) electrons. The average molecular weight is 433 g/mol. The van der Waals surface area contributed by atoms with Gasteiger partial charge in [0.25, 0.3) is 21.9 Å². The van der Waals surface area contributed by atoms with E-state index in [0.29, 0.717) is 0 Å². The smallest absolute Gasteiger partial charge is 0.276 e. The van der Waals surface area contributed by atoms with Crippen molar-refractivity contribution in [3.63, 3.8) is 0 Å². The monoisotopic (exact) mass is 432 g/mol. The van der Waals surface area contributed by atoms with Crippen LogP contribution in [0.1, 0.15) is 20.7 Å². The Morgan fingerprint density at radius 2 is 1.12 bits per heavy atom. The summed E-state index contributed by atoms with van der Waals surface area (Å²) in [6, 6.07) is 7.34. The minimum Gasteiger partial charge on any atom is -0.276 e. The van der Waals surface area contributed by atoms with Crippen molar-refractivity contribution in [1.82, 2.24) is 0 Å². The third-order valence-electron chi connectivity index (χ3n) is 2.99. The second kappa shape index (κ2) is 8.49. The maximum absolute atomic E-state index is 11.2. The Labute approximate surface area is 163 Å². The van der Waals surface area contributed by atoms with E-state index in [4.69, 9.17) is 23.2 Å². The van der Waals surface area contributed by atoms with E-state index in [-0.39, 0.29) is 32.3 Å². The average Bonchev–Trinajstić information content (AvgIpc) is 2.59. The molecule has 0 unspecified atom stereocenters. The number of halogens is 2. The highest BCUT2D eigenvalue weighted by Gasteiger charge is 2.21. The molecule has 0 aliphatic heterocycles. The molecule has 0 atom stereocenters. The predicted octanol–water partition coefficient (Wildman–Crippen LogP) is 5.06. The van der Waals surface area contributed by atoms with E-state index in [9.17, 15) is 29.8 Å². The zero-order valence-corrected chi connectivity index (χ0v) is 15.5. The van der Waals surface area contributed by atoms with Crippen LogP contribution in [0.15, 0.2) is 46.2 Å². The van der Waals surface area contributed by atoms with Gasteiger partial charge in [0.2, 0.25) is 0 Å². The van der Waals surface area contributed by atoms with Crippen molar-refractivity contribution >= 4 is 66.6 Å². The fourth-order valence-electron chi connectivity index (χ4n) is 1.80. The molecule has 8 nitrogen and oxygen atoms in total. The Balaban J connectivity index is 2.34. The van der Waals surface area contributed by atoms with Gasteiger partial charge in [-0.15, -0.1) is 0 Å². The summed E-state index contributed by atoms with van der Waals surface area (Å²) in [5.41, 5.74) is -0.791. The normalized spacial score (nSPS) is 10.4. The van der Waals surface area contributed by atoms with E-state index in [0.717, 1.165) is 33.7 Å². The van der Waals surface area contributed by atoms with Crippen LogP contribution in [-0.4, -0.2) is 20.3 Å². The molecular formula is C14H6Cl2N2O6S2. The molecule has 12 heteroatoms. The molecule has 0 aliphatic rings. The van der Waals surface area contributed by atoms with Crippen molar-refractivity contribution in [2.24, 2.45) is 0 Å². The Bertz CT molecular complexity index is 862. The number of hydrogen-bond acceptors (Lipinski definition) is 8. The van der Waals surface area contributed by atoms with Gasteiger partial charge in [-0.1, -0.05) is 0 Å². The SMILES string of the molecule is O=C(Cl)c1ccc(SSc2ccc(C(=O)Cl)cc2[N+](=O)[O-])c([N+](=O)[O-])c1. The summed E-state index contributed by atoms with van der Waals surface area (Å²) in [5, 5.41) is 20.7. The number of hydrogen-bond donors (Lipinski definition) is 0. The van der Waals surface area contributed by atoms with Gasteiger partial charge in [0.1, 0.15) is 0 Å². The van der Waals surface area contributed by atoms with Crippen LogP contribution < -0.4 is 0 Å². The van der Waals surface area contributed by atoms with Crippen LogP contribution in [0.3, 0.4) is 0 Å². The standard InChI is InChI=1S/C14H6Cl2N2O6S2/c15-13(19)7-1-3-11(9(5-7)17(21)22)25-26-12-4-2-8(14(16)20)6-10(12)18(23)24/h1-6H. The van der Waals surface area contributed by atoms with Crippen molar-refractivity contribution in [3.8, 4) is 0 Å². The maximum Gasteiger partial charge on any atom is 0.284 e. The van der Waals surface area contributed by atoms with Gasteiger partial charge in [-0.2, -0.15) is 0 Å². The molecule has 0 N–H and O–H groups in total. The van der Waals surface area contributed by atoms with Crippen LogP contribution in [0, 0.1) is 20.2 Å². The molecule has 0 saturated heterocycles.